The summed E-state index contributed by atoms with van der Waals surface area (Å²) in [5.74, 6) is 0.871. The first-order valence-electron chi connectivity index (χ1n) is 9.47. The minimum Gasteiger partial charge on any atom is -0.396 e. The first kappa shape index (κ1) is 17.5. The summed E-state index contributed by atoms with van der Waals surface area (Å²) in [6, 6.07) is 15.9. The summed E-state index contributed by atoms with van der Waals surface area (Å²) in [5.41, 5.74) is 3.88. The summed E-state index contributed by atoms with van der Waals surface area (Å²) in [5, 5.41) is 9.12. The Hall–Kier alpha value is -2.86. The highest BCUT2D eigenvalue weighted by atomic mass is 16.2. The molecule has 6 heteroatoms. The van der Waals surface area contributed by atoms with Crippen molar-refractivity contribution in [1.29, 1.82) is 0 Å². The van der Waals surface area contributed by atoms with Crippen molar-refractivity contribution in [2.24, 2.45) is 0 Å². The average molecular weight is 364 g/mol. The molecule has 0 bridgehead atoms. The highest BCUT2D eigenvalue weighted by Crippen LogP contribution is 2.20. The third kappa shape index (κ3) is 3.06. The first-order chi connectivity index (χ1) is 13.2. The van der Waals surface area contributed by atoms with Crippen molar-refractivity contribution in [3.05, 3.63) is 64.8 Å². The largest absolute Gasteiger partial charge is 0.396 e. The van der Waals surface area contributed by atoms with E-state index in [4.69, 9.17) is 10.1 Å². The van der Waals surface area contributed by atoms with E-state index in [0.717, 1.165) is 47.3 Å². The Labute approximate surface area is 157 Å². The van der Waals surface area contributed by atoms with Crippen LogP contribution < -0.4 is 5.69 Å². The number of hydrogen-bond acceptors (Lipinski definition) is 3. The van der Waals surface area contributed by atoms with Crippen molar-refractivity contribution in [3.63, 3.8) is 0 Å². The van der Waals surface area contributed by atoms with E-state index in [9.17, 15) is 4.79 Å². The van der Waals surface area contributed by atoms with Crippen LogP contribution in [0.25, 0.3) is 22.1 Å². The number of para-hydroxylation sites is 4. The van der Waals surface area contributed by atoms with Crippen LogP contribution in [0.3, 0.4) is 0 Å². The number of unbranched alkanes of at least 4 members (excludes halogenated alkanes) is 1. The van der Waals surface area contributed by atoms with Crippen molar-refractivity contribution in [3.8, 4) is 0 Å². The first-order valence-corrected chi connectivity index (χ1v) is 9.47. The quantitative estimate of drug-likeness (QED) is 0.513. The van der Waals surface area contributed by atoms with Crippen LogP contribution in [-0.4, -0.2) is 30.4 Å². The zero-order valence-corrected chi connectivity index (χ0v) is 15.5. The lowest BCUT2D eigenvalue weighted by Gasteiger charge is -2.09. The van der Waals surface area contributed by atoms with Gasteiger partial charge in [0.25, 0.3) is 0 Å². The van der Waals surface area contributed by atoms with Gasteiger partial charge in [0.05, 0.1) is 28.6 Å². The molecule has 2 heterocycles. The van der Waals surface area contributed by atoms with Gasteiger partial charge in [-0.1, -0.05) is 24.3 Å². The normalized spacial score (nSPS) is 11.6. The molecule has 140 valence electrons. The van der Waals surface area contributed by atoms with E-state index in [1.807, 2.05) is 54.0 Å². The van der Waals surface area contributed by atoms with Gasteiger partial charge in [0.2, 0.25) is 0 Å². The average Bonchev–Trinajstić information content (AvgIpc) is 3.17. The van der Waals surface area contributed by atoms with Crippen LogP contribution in [0.4, 0.5) is 0 Å². The van der Waals surface area contributed by atoms with Gasteiger partial charge in [-0.3, -0.25) is 9.13 Å². The van der Waals surface area contributed by atoms with Crippen LogP contribution >= 0.6 is 0 Å². The van der Waals surface area contributed by atoms with E-state index in [1.54, 1.807) is 4.57 Å². The van der Waals surface area contributed by atoms with Crippen molar-refractivity contribution in [1.82, 2.24) is 18.7 Å². The molecule has 6 nitrogen and oxygen atoms in total. The fourth-order valence-corrected chi connectivity index (χ4v) is 3.75. The number of nitrogens with zero attached hydrogens (tertiary/aromatic N) is 4. The third-order valence-electron chi connectivity index (χ3n) is 5.06. The summed E-state index contributed by atoms with van der Waals surface area (Å²) < 4.78 is 5.78. The number of benzene rings is 2. The van der Waals surface area contributed by atoms with Gasteiger partial charge in [-0.25, -0.2) is 9.78 Å². The highest BCUT2D eigenvalue weighted by molar-refractivity contribution is 5.77. The number of hydrogen-bond donors (Lipinski definition) is 1. The predicted molar refractivity (Wildman–Crippen MR) is 107 cm³/mol. The zero-order chi connectivity index (χ0) is 18.8. The summed E-state index contributed by atoms with van der Waals surface area (Å²) in [7, 11) is 0. The summed E-state index contributed by atoms with van der Waals surface area (Å²) in [6.07, 6.45) is 1.62. The minimum absolute atomic E-state index is 0.00679. The van der Waals surface area contributed by atoms with E-state index >= 15 is 0 Å². The topological polar surface area (TPSA) is 65.0 Å². The van der Waals surface area contributed by atoms with Gasteiger partial charge in [0, 0.05) is 19.7 Å². The maximum absolute atomic E-state index is 13.0. The standard InChI is InChI=1S/C21H24N4O2/c1-2-23-18-11-5-6-12-19(18)25(21(23)27)15-20-22-16-9-3-4-10-17(16)24(20)13-7-8-14-26/h3-6,9-12,26H,2,7-8,13-15H2,1H3. The summed E-state index contributed by atoms with van der Waals surface area (Å²) in [6.45, 7) is 4.02. The van der Waals surface area contributed by atoms with E-state index in [0.29, 0.717) is 13.1 Å². The Balaban J connectivity index is 1.82. The van der Waals surface area contributed by atoms with E-state index in [-0.39, 0.29) is 12.3 Å². The van der Waals surface area contributed by atoms with Crippen molar-refractivity contribution in [2.45, 2.75) is 39.4 Å². The molecule has 0 amide bonds. The van der Waals surface area contributed by atoms with Gasteiger partial charge in [0.15, 0.2) is 0 Å². The smallest absolute Gasteiger partial charge is 0.329 e. The van der Waals surface area contributed by atoms with Gasteiger partial charge in [0.1, 0.15) is 5.82 Å². The third-order valence-corrected chi connectivity index (χ3v) is 5.06. The molecule has 0 aliphatic rings. The van der Waals surface area contributed by atoms with Crippen LogP contribution in [0.5, 0.6) is 0 Å². The van der Waals surface area contributed by atoms with E-state index < -0.39 is 0 Å². The Morgan fingerprint density at radius 1 is 0.889 bits per heavy atom. The maximum atomic E-state index is 13.0. The van der Waals surface area contributed by atoms with E-state index in [2.05, 4.69) is 10.6 Å². The number of aryl methyl sites for hydroxylation is 2. The molecule has 0 aliphatic carbocycles. The van der Waals surface area contributed by atoms with Crippen LogP contribution in [0.2, 0.25) is 0 Å². The van der Waals surface area contributed by atoms with Gasteiger partial charge in [-0.2, -0.15) is 0 Å². The lowest BCUT2D eigenvalue weighted by molar-refractivity contribution is 0.281. The summed E-state index contributed by atoms with van der Waals surface area (Å²) in [4.78, 5) is 17.8. The second kappa shape index (κ2) is 7.40. The Bertz CT molecular complexity index is 1140. The molecule has 0 spiro atoms. The molecule has 2 aromatic carbocycles. The van der Waals surface area contributed by atoms with Crippen LogP contribution in [0.15, 0.2) is 53.3 Å². The molecule has 4 aromatic rings. The van der Waals surface area contributed by atoms with Crippen molar-refractivity contribution in [2.75, 3.05) is 6.61 Å². The number of rotatable bonds is 7. The second-order valence-electron chi connectivity index (χ2n) is 6.70. The van der Waals surface area contributed by atoms with Gasteiger partial charge < -0.3 is 9.67 Å². The minimum atomic E-state index is -0.00679. The highest BCUT2D eigenvalue weighted by Gasteiger charge is 2.16. The van der Waals surface area contributed by atoms with Crippen molar-refractivity contribution >= 4 is 22.1 Å². The summed E-state index contributed by atoms with van der Waals surface area (Å²) >= 11 is 0. The fourth-order valence-electron chi connectivity index (χ4n) is 3.75. The van der Waals surface area contributed by atoms with Gasteiger partial charge in [-0.05, 0) is 44.0 Å². The van der Waals surface area contributed by atoms with E-state index in [1.165, 1.54) is 0 Å². The van der Waals surface area contributed by atoms with Crippen molar-refractivity contribution < 1.29 is 5.11 Å². The molecule has 4 rings (SSSR count). The van der Waals surface area contributed by atoms with Gasteiger partial charge in [-0.15, -0.1) is 0 Å². The number of imidazole rings is 2. The number of aliphatic hydroxyl groups excluding tert-OH is 1. The van der Waals surface area contributed by atoms with Crippen LogP contribution in [-0.2, 0) is 19.6 Å². The number of fused-ring (bicyclic) bond motifs is 2. The lowest BCUT2D eigenvalue weighted by atomic mass is 10.3. The number of aromatic nitrogens is 4. The molecular weight excluding hydrogens is 340 g/mol. The fraction of sp³-hybridized carbons (Fsp3) is 0.333. The molecule has 2 aromatic heterocycles. The molecule has 0 radical (unpaired) electrons. The SMILES string of the molecule is CCn1c(=O)n(Cc2nc3ccccc3n2CCCCO)c2ccccc21. The molecule has 0 atom stereocenters. The molecule has 0 saturated heterocycles. The molecule has 27 heavy (non-hydrogen) atoms. The number of aliphatic hydroxyl groups is 1. The maximum Gasteiger partial charge on any atom is 0.329 e. The molecular formula is C21H24N4O2. The molecule has 0 saturated carbocycles. The zero-order valence-electron chi connectivity index (χ0n) is 15.5. The van der Waals surface area contributed by atoms with Crippen LogP contribution in [0.1, 0.15) is 25.6 Å². The predicted octanol–water partition coefficient (Wildman–Crippen LogP) is 2.99. The molecule has 0 aliphatic heterocycles. The van der Waals surface area contributed by atoms with Crippen LogP contribution in [0, 0.1) is 0 Å². The molecule has 0 unspecified atom stereocenters. The molecule has 0 fully saturated rings. The second-order valence-corrected chi connectivity index (χ2v) is 6.70. The lowest BCUT2D eigenvalue weighted by Crippen LogP contribution is -2.25. The Morgan fingerprint density at radius 3 is 2.26 bits per heavy atom. The van der Waals surface area contributed by atoms with Gasteiger partial charge >= 0.3 is 5.69 Å². The Kier molecular flexibility index (Phi) is 4.81. The Morgan fingerprint density at radius 2 is 1.56 bits per heavy atom. The molecule has 1 N–H and O–H groups in total. The monoisotopic (exact) mass is 364 g/mol.